The molecule has 23 nitrogen and oxygen atoms in total. The van der Waals surface area contributed by atoms with Gasteiger partial charge in [0, 0.05) is 0 Å². The van der Waals surface area contributed by atoms with Crippen molar-refractivity contribution in [2.75, 3.05) is 132 Å². The van der Waals surface area contributed by atoms with Gasteiger partial charge in [-0.25, -0.2) is 38.4 Å². The third-order valence-electron chi connectivity index (χ3n) is 9.63. The lowest BCUT2D eigenvalue weighted by Crippen LogP contribution is -2.19. The Hall–Kier alpha value is -7.64. The molecule has 0 unspecified atom stereocenters. The van der Waals surface area contributed by atoms with Crippen molar-refractivity contribution in [2.45, 2.75) is 0 Å². The van der Waals surface area contributed by atoms with Crippen molar-refractivity contribution in [3.63, 3.8) is 0 Å². The predicted molar refractivity (Wildman–Crippen MR) is 256 cm³/mol. The van der Waals surface area contributed by atoms with Gasteiger partial charge >= 0.3 is 47.8 Å². The number of ether oxygens (including phenoxy) is 13. The van der Waals surface area contributed by atoms with E-state index in [1.807, 2.05) is 0 Å². The third kappa shape index (κ3) is 21.8. The van der Waals surface area contributed by atoms with Crippen LogP contribution in [0.25, 0.3) is 0 Å². The van der Waals surface area contributed by atoms with Crippen LogP contribution in [0.1, 0.15) is 82.9 Å². The Labute approximate surface area is 430 Å². The third-order valence-corrected chi connectivity index (χ3v) is 9.63. The van der Waals surface area contributed by atoms with Crippen molar-refractivity contribution >= 4 is 47.8 Å². The van der Waals surface area contributed by atoms with E-state index in [4.69, 9.17) is 71.8 Å². The van der Waals surface area contributed by atoms with Gasteiger partial charge in [0.2, 0.25) is 0 Å². The zero-order chi connectivity index (χ0) is 53.9. The maximum Gasteiger partial charge on any atom is 0.339 e. The summed E-state index contributed by atoms with van der Waals surface area (Å²) in [7, 11) is 0. The number of rotatable bonds is 36. The predicted octanol–water partition coefficient (Wildman–Crippen LogP) is 3.11. The fourth-order valence-electron chi connectivity index (χ4n) is 6.16. The van der Waals surface area contributed by atoms with Crippen LogP contribution in [0, 0.1) is 0 Å². The average Bonchev–Trinajstić information content (AvgIpc) is 3.43. The van der Waals surface area contributed by atoms with Crippen molar-refractivity contribution in [3.05, 3.63) is 142 Å². The second kappa shape index (κ2) is 35.5. The molecule has 0 saturated heterocycles. The molecule has 0 spiro atoms. The second-order valence-corrected chi connectivity index (χ2v) is 14.8. The Kier molecular flexibility index (Phi) is 28.4. The van der Waals surface area contributed by atoms with E-state index < -0.39 is 47.8 Å². The van der Waals surface area contributed by atoms with E-state index in [0.29, 0.717) is 0 Å². The highest BCUT2D eigenvalue weighted by Gasteiger charge is 2.23. The maximum atomic E-state index is 12.9. The minimum Gasteiger partial charge on any atom is -0.460 e. The summed E-state index contributed by atoms with van der Waals surface area (Å²) in [6, 6.07) is 23.6. The maximum absolute atomic E-state index is 12.9. The summed E-state index contributed by atoms with van der Waals surface area (Å²) < 4.78 is 67.9. The number of aliphatic hydroxyl groups is 2. The van der Waals surface area contributed by atoms with Crippen molar-refractivity contribution in [1.82, 2.24) is 0 Å². The Bertz CT molecular complexity index is 2290. The number of esters is 8. The van der Waals surface area contributed by atoms with Crippen LogP contribution >= 0.6 is 0 Å². The van der Waals surface area contributed by atoms with Gasteiger partial charge in [-0.1, -0.05) is 48.5 Å². The number of carbonyl (C=O) groups is 8. The van der Waals surface area contributed by atoms with Crippen molar-refractivity contribution in [3.8, 4) is 0 Å². The summed E-state index contributed by atoms with van der Waals surface area (Å²) in [5, 5.41) is 17.5. The molecular formula is C52H58O23. The lowest BCUT2D eigenvalue weighted by Gasteiger charge is -2.12. The fraction of sp³-hybridized carbons (Fsp3) is 0.385. The van der Waals surface area contributed by atoms with Crippen molar-refractivity contribution < 1.29 is 110 Å². The smallest absolute Gasteiger partial charge is 0.339 e. The lowest BCUT2D eigenvalue weighted by atomic mass is 10.1. The SMILES string of the molecule is O=C(OCCOCCO)c1ccccc1C(=O)OCCOCCOC(=O)c1ccccc1C(=O)OCCOCCOC(=O)c1ccccc1C(=O)OCCOCCOC(=O)c1ccccc1C(=O)OCCOCCO. The van der Waals surface area contributed by atoms with E-state index in [9.17, 15) is 38.4 Å². The van der Waals surface area contributed by atoms with Gasteiger partial charge in [0.05, 0.1) is 124 Å². The summed E-state index contributed by atoms with van der Waals surface area (Å²) in [5.41, 5.74) is -0.272. The molecule has 2 N–H and O–H groups in total. The van der Waals surface area contributed by atoms with E-state index in [1.165, 1.54) is 72.8 Å². The quantitative estimate of drug-likeness (QED) is 0.0376. The number of carbonyl (C=O) groups excluding carboxylic acids is 8. The molecule has 0 heterocycles. The van der Waals surface area contributed by atoms with Crippen LogP contribution in [0.5, 0.6) is 0 Å². The zero-order valence-corrected chi connectivity index (χ0v) is 40.8. The van der Waals surface area contributed by atoms with E-state index in [2.05, 4.69) is 0 Å². The summed E-state index contributed by atoms with van der Waals surface area (Å²) >= 11 is 0. The van der Waals surface area contributed by atoms with E-state index in [-0.39, 0.29) is 177 Å². The summed E-state index contributed by atoms with van der Waals surface area (Å²) in [6.07, 6.45) is 0. The highest BCUT2D eigenvalue weighted by molar-refractivity contribution is 6.05. The standard InChI is InChI=1S/C52H58O23/c53-17-19-63-21-29-68-45(55)37-9-1-3-11-39(37)47(57)70-31-23-65-25-33-72-49(59)41-13-5-7-15-43(41)51(61)74-35-27-67-28-36-75-52(62)44-16-8-6-14-42(44)50(60)73-34-26-66-24-32-71-48(58)40-12-4-2-10-38(40)46(56)69-30-22-64-20-18-54/h1-16,53-54H,17-36H2. The fourth-order valence-corrected chi connectivity index (χ4v) is 6.16. The van der Waals surface area contributed by atoms with E-state index >= 15 is 0 Å². The van der Waals surface area contributed by atoms with Crippen molar-refractivity contribution in [1.29, 1.82) is 0 Å². The highest BCUT2D eigenvalue weighted by Crippen LogP contribution is 2.16. The Morgan fingerprint density at radius 1 is 0.227 bits per heavy atom. The molecule has 0 amide bonds. The van der Waals surface area contributed by atoms with E-state index in [1.54, 1.807) is 24.3 Å². The van der Waals surface area contributed by atoms with Gasteiger partial charge in [-0.2, -0.15) is 0 Å². The minimum atomic E-state index is -0.827. The zero-order valence-electron chi connectivity index (χ0n) is 40.8. The van der Waals surface area contributed by atoms with Crippen LogP contribution in [-0.4, -0.2) is 190 Å². The van der Waals surface area contributed by atoms with E-state index in [0.717, 1.165) is 0 Å². The average molecular weight is 1050 g/mol. The molecule has 0 fully saturated rings. The van der Waals surface area contributed by atoms with Crippen LogP contribution in [0.15, 0.2) is 97.1 Å². The lowest BCUT2D eigenvalue weighted by molar-refractivity contribution is 0.0118. The molecule has 0 bridgehead atoms. The van der Waals surface area contributed by atoms with Crippen LogP contribution in [0.3, 0.4) is 0 Å². The summed E-state index contributed by atoms with van der Waals surface area (Å²) in [6.45, 7) is -1.79. The van der Waals surface area contributed by atoms with Crippen LogP contribution in [-0.2, 0) is 61.6 Å². The molecule has 404 valence electrons. The number of benzene rings is 4. The first kappa shape index (κ1) is 59.9. The molecule has 0 atom stereocenters. The summed E-state index contributed by atoms with van der Waals surface area (Å²) in [5.74, 6) is -6.36. The van der Waals surface area contributed by atoms with Crippen LogP contribution < -0.4 is 0 Å². The molecule has 0 aliphatic carbocycles. The molecule has 4 rings (SSSR count). The first-order valence-corrected chi connectivity index (χ1v) is 23.4. The Morgan fingerprint density at radius 2 is 0.360 bits per heavy atom. The molecule has 0 aliphatic rings. The largest absolute Gasteiger partial charge is 0.460 e. The normalized spacial score (nSPS) is 10.7. The molecule has 0 aliphatic heterocycles. The molecule has 4 aromatic carbocycles. The number of hydrogen-bond acceptors (Lipinski definition) is 23. The molecule has 23 heteroatoms. The molecule has 75 heavy (non-hydrogen) atoms. The van der Waals surface area contributed by atoms with Gasteiger partial charge in [-0.15, -0.1) is 0 Å². The van der Waals surface area contributed by atoms with Gasteiger partial charge < -0.3 is 71.8 Å². The van der Waals surface area contributed by atoms with Gasteiger partial charge in [0.25, 0.3) is 0 Å². The van der Waals surface area contributed by atoms with Gasteiger partial charge in [-0.3, -0.25) is 0 Å². The van der Waals surface area contributed by atoms with Gasteiger partial charge in [0.1, 0.15) is 52.9 Å². The molecule has 0 saturated carbocycles. The first-order valence-electron chi connectivity index (χ1n) is 23.4. The Morgan fingerprint density at radius 3 is 0.493 bits per heavy atom. The number of aliphatic hydroxyl groups excluding tert-OH is 2. The second-order valence-electron chi connectivity index (χ2n) is 14.8. The van der Waals surface area contributed by atoms with Gasteiger partial charge in [0.15, 0.2) is 0 Å². The Balaban J connectivity index is 1.06. The molecular weight excluding hydrogens is 993 g/mol. The molecule has 4 aromatic rings. The van der Waals surface area contributed by atoms with Gasteiger partial charge in [-0.05, 0) is 48.5 Å². The van der Waals surface area contributed by atoms with Crippen molar-refractivity contribution in [2.24, 2.45) is 0 Å². The highest BCUT2D eigenvalue weighted by atomic mass is 16.6. The first-order chi connectivity index (χ1) is 36.6. The van der Waals surface area contributed by atoms with Crippen LogP contribution in [0.4, 0.5) is 0 Å². The molecule has 0 aromatic heterocycles. The molecule has 0 radical (unpaired) electrons. The van der Waals surface area contributed by atoms with Crippen LogP contribution in [0.2, 0.25) is 0 Å². The minimum absolute atomic E-state index is 0.000308. The number of hydrogen-bond donors (Lipinski definition) is 2. The topological polar surface area (TPSA) is 297 Å². The monoisotopic (exact) mass is 1050 g/mol. The summed E-state index contributed by atoms with van der Waals surface area (Å²) in [4.78, 5) is 102.